The molecule has 0 N–H and O–H groups in total. The third-order valence-corrected chi connectivity index (χ3v) is 11.8. The predicted molar refractivity (Wildman–Crippen MR) is 250 cm³/mol. The van der Waals surface area contributed by atoms with E-state index in [0.29, 0.717) is 0 Å². The van der Waals surface area contributed by atoms with Crippen LogP contribution in [0.15, 0.2) is 223 Å². The number of para-hydroxylation sites is 2. The fourth-order valence-electron chi connectivity index (χ4n) is 8.72. The van der Waals surface area contributed by atoms with Gasteiger partial charge in [0.25, 0.3) is 0 Å². The first-order valence-electron chi connectivity index (χ1n) is 20.2. The summed E-state index contributed by atoms with van der Waals surface area (Å²) < 4.78 is 6.54. The van der Waals surface area contributed by atoms with Crippen molar-refractivity contribution < 1.29 is 4.42 Å². The average Bonchev–Trinajstić information content (AvgIpc) is 3.70. The third kappa shape index (κ3) is 6.23. The van der Waals surface area contributed by atoms with Crippen LogP contribution >= 0.6 is 0 Å². The van der Waals surface area contributed by atoms with Gasteiger partial charge in [-0.3, -0.25) is 0 Å². The monoisotopic (exact) mass is 753 g/mol. The summed E-state index contributed by atoms with van der Waals surface area (Å²) in [5, 5.41) is 7.31. The van der Waals surface area contributed by atoms with Gasteiger partial charge in [0.2, 0.25) is 0 Å². The second-order valence-corrected chi connectivity index (χ2v) is 15.4. The first-order valence-corrected chi connectivity index (χ1v) is 20.2. The standard InChI is InChI=1S/C57H39NO/c1-38-9-6-17-54-55-18-8-16-53(57(55)59-56(38)54)45-29-35-50(36-30-45)58(49-33-27-42(28-34-49)47-24-21-39-10-2-3-12-46(39)37-47)48-31-25-41(26-32-48)40-19-22-44(23-20-40)52-15-7-13-43-11-4-5-14-51(43)52/h2-37H,1H3. The van der Waals surface area contributed by atoms with Crippen LogP contribution < -0.4 is 4.90 Å². The first kappa shape index (κ1) is 34.6. The van der Waals surface area contributed by atoms with Gasteiger partial charge in [0.15, 0.2) is 0 Å². The second-order valence-electron chi connectivity index (χ2n) is 15.4. The lowest BCUT2D eigenvalue weighted by atomic mass is 9.96. The first-order chi connectivity index (χ1) is 29.1. The van der Waals surface area contributed by atoms with E-state index in [1.54, 1.807) is 0 Å². The Morgan fingerprint density at radius 1 is 0.305 bits per heavy atom. The van der Waals surface area contributed by atoms with Crippen LogP contribution in [0.25, 0.3) is 88.0 Å². The molecule has 11 rings (SSSR count). The molecular weight excluding hydrogens is 715 g/mol. The van der Waals surface area contributed by atoms with E-state index in [1.807, 2.05) is 0 Å². The predicted octanol–water partition coefficient (Wildman–Crippen LogP) is 16.3. The average molecular weight is 754 g/mol. The number of furan rings is 1. The molecule has 0 unspecified atom stereocenters. The quantitative estimate of drug-likeness (QED) is 0.161. The number of benzene rings is 10. The number of anilines is 3. The van der Waals surface area contributed by atoms with Gasteiger partial charge < -0.3 is 9.32 Å². The van der Waals surface area contributed by atoms with E-state index in [1.165, 1.54) is 54.9 Å². The molecule has 2 heteroatoms. The zero-order valence-corrected chi connectivity index (χ0v) is 32.6. The summed E-state index contributed by atoms with van der Waals surface area (Å²) >= 11 is 0. The molecule has 0 atom stereocenters. The Balaban J connectivity index is 0.950. The van der Waals surface area contributed by atoms with E-state index >= 15 is 0 Å². The van der Waals surface area contributed by atoms with Crippen LogP contribution in [0.5, 0.6) is 0 Å². The van der Waals surface area contributed by atoms with Crippen LogP contribution in [-0.4, -0.2) is 0 Å². The molecule has 11 aromatic rings. The molecule has 278 valence electrons. The molecule has 0 fully saturated rings. The van der Waals surface area contributed by atoms with Gasteiger partial charge in [0, 0.05) is 33.4 Å². The van der Waals surface area contributed by atoms with Crippen LogP contribution in [0, 0.1) is 6.92 Å². The Hall–Kier alpha value is -7.68. The van der Waals surface area contributed by atoms with E-state index in [9.17, 15) is 0 Å². The number of aryl methyl sites for hydroxylation is 1. The second kappa shape index (κ2) is 14.4. The summed E-state index contributed by atoms with van der Waals surface area (Å²) in [5.41, 5.74) is 15.7. The van der Waals surface area contributed by atoms with Crippen molar-refractivity contribution in [2.75, 3.05) is 4.90 Å². The van der Waals surface area contributed by atoms with Crippen molar-refractivity contribution in [3.8, 4) is 44.5 Å². The van der Waals surface area contributed by atoms with Gasteiger partial charge in [-0.05, 0) is 115 Å². The fraction of sp³-hybridized carbons (Fsp3) is 0.0175. The molecule has 0 amide bonds. The molecule has 10 aromatic carbocycles. The zero-order chi connectivity index (χ0) is 39.3. The lowest BCUT2D eigenvalue weighted by Crippen LogP contribution is -2.09. The van der Waals surface area contributed by atoms with Gasteiger partial charge in [-0.2, -0.15) is 0 Å². The van der Waals surface area contributed by atoms with Crippen molar-refractivity contribution in [3.05, 3.63) is 224 Å². The van der Waals surface area contributed by atoms with Crippen molar-refractivity contribution in [3.63, 3.8) is 0 Å². The normalized spacial score (nSPS) is 11.5. The Bertz CT molecular complexity index is 3300. The highest BCUT2D eigenvalue weighted by Crippen LogP contribution is 2.41. The SMILES string of the molecule is Cc1cccc2c1oc1c(-c3ccc(N(c4ccc(-c5ccc(-c6cccc7ccccc67)cc5)cc4)c4ccc(-c5ccc6ccccc6c5)cc4)cc3)cccc12. The van der Waals surface area contributed by atoms with Gasteiger partial charge in [0.1, 0.15) is 11.2 Å². The van der Waals surface area contributed by atoms with Crippen molar-refractivity contribution in [1.29, 1.82) is 0 Å². The van der Waals surface area contributed by atoms with E-state index < -0.39 is 0 Å². The Morgan fingerprint density at radius 2 is 0.746 bits per heavy atom. The molecule has 0 spiro atoms. The molecule has 0 saturated carbocycles. The van der Waals surface area contributed by atoms with Crippen molar-refractivity contribution in [1.82, 2.24) is 0 Å². The summed E-state index contributed by atoms with van der Waals surface area (Å²) in [7, 11) is 0. The summed E-state index contributed by atoms with van der Waals surface area (Å²) in [6, 6.07) is 78.8. The summed E-state index contributed by atoms with van der Waals surface area (Å²) in [5.74, 6) is 0. The lowest BCUT2D eigenvalue weighted by Gasteiger charge is -2.26. The number of rotatable bonds is 7. The topological polar surface area (TPSA) is 16.4 Å². The van der Waals surface area contributed by atoms with Crippen molar-refractivity contribution >= 4 is 60.5 Å². The van der Waals surface area contributed by atoms with Gasteiger partial charge in [0.05, 0.1) is 0 Å². The van der Waals surface area contributed by atoms with Gasteiger partial charge >= 0.3 is 0 Å². The van der Waals surface area contributed by atoms with Gasteiger partial charge in [-0.15, -0.1) is 0 Å². The number of hydrogen-bond donors (Lipinski definition) is 0. The van der Waals surface area contributed by atoms with Crippen LogP contribution in [0.2, 0.25) is 0 Å². The van der Waals surface area contributed by atoms with Gasteiger partial charge in [-0.25, -0.2) is 0 Å². The molecule has 1 aromatic heterocycles. The Labute approximate surface area is 343 Å². The molecule has 0 radical (unpaired) electrons. The highest BCUT2D eigenvalue weighted by Gasteiger charge is 2.17. The summed E-state index contributed by atoms with van der Waals surface area (Å²) in [4.78, 5) is 2.34. The van der Waals surface area contributed by atoms with Gasteiger partial charge in [-0.1, -0.05) is 176 Å². The van der Waals surface area contributed by atoms with Crippen LogP contribution in [0.3, 0.4) is 0 Å². The number of fused-ring (bicyclic) bond motifs is 5. The molecule has 0 aliphatic heterocycles. The Morgan fingerprint density at radius 3 is 1.44 bits per heavy atom. The molecule has 0 bridgehead atoms. The molecule has 0 aliphatic carbocycles. The van der Waals surface area contributed by atoms with E-state index in [-0.39, 0.29) is 0 Å². The molecular formula is C57H39NO. The van der Waals surface area contributed by atoms with E-state index in [4.69, 9.17) is 4.42 Å². The van der Waals surface area contributed by atoms with Crippen LogP contribution in [0.1, 0.15) is 5.56 Å². The highest BCUT2D eigenvalue weighted by atomic mass is 16.3. The number of hydrogen-bond acceptors (Lipinski definition) is 2. The molecule has 1 heterocycles. The highest BCUT2D eigenvalue weighted by molar-refractivity contribution is 6.10. The van der Waals surface area contributed by atoms with Crippen molar-refractivity contribution in [2.24, 2.45) is 0 Å². The smallest absolute Gasteiger partial charge is 0.143 e. The fourth-order valence-corrected chi connectivity index (χ4v) is 8.72. The Kier molecular flexibility index (Phi) is 8.41. The molecule has 59 heavy (non-hydrogen) atoms. The minimum Gasteiger partial charge on any atom is -0.455 e. The third-order valence-electron chi connectivity index (χ3n) is 11.8. The van der Waals surface area contributed by atoms with E-state index in [0.717, 1.165) is 55.7 Å². The maximum atomic E-state index is 6.54. The van der Waals surface area contributed by atoms with Crippen LogP contribution in [0.4, 0.5) is 17.1 Å². The maximum Gasteiger partial charge on any atom is 0.143 e. The minimum atomic E-state index is 0.923. The summed E-state index contributed by atoms with van der Waals surface area (Å²) in [6.07, 6.45) is 0. The minimum absolute atomic E-state index is 0.923. The number of nitrogens with zero attached hydrogens (tertiary/aromatic N) is 1. The van der Waals surface area contributed by atoms with Crippen LogP contribution in [-0.2, 0) is 0 Å². The zero-order valence-electron chi connectivity index (χ0n) is 32.6. The largest absolute Gasteiger partial charge is 0.455 e. The molecule has 0 saturated heterocycles. The van der Waals surface area contributed by atoms with Crippen molar-refractivity contribution in [2.45, 2.75) is 6.92 Å². The lowest BCUT2D eigenvalue weighted by molar-refractivity contribution is 0.667. The molecule has 2 nitrogen and oxygen atoms in total. The maximum absolute atomic E-state index is 6.54. The molecule has 0 aliphatic rings. The van der Waals surface area contributed by atoms with E-state index in [2.05, 4.69) is 230 Å². The summed E-state index contributed by atoms with van der Waals surface area (Å²) in [6.45, 7) is 2.11.